The number of aromatic amines is 1. The molecule has 0 unspecified atom stereocenters. The van der Waals surface area contributed by atoms with Gasteiger partial charge in [-0.3, -0.25) is 9.30 Å². The first-order chi connectivity index (χ1) is 17.2. The Hall–Kier alpha value is -3.70. The van der Waals surface area contributed by atoms with Gasteiger partial charge in [0.15, 0.2) is 5.65 Å². The van der Waals surface area contributed by atoms with Gasteiger partial charge < -0.3 is 4.98 Å². The Balaban J connectivity index is 1.22. The van der Waals surface area contributed by atoms with Gasteiger partial charge in [0, 0.05) is 24.0 Å². The van der Waals surface area contributed by atoms with Crippen LogP contribution in [0.2, 0.25) is 0 Å². The first kappa shape index (κ1) is 21.8. The van der Waals surface area contributed by atoms with Crippen LogP contribution >= 0.6 is 0 Å². The third-order valence-corrected chi connectivity index (χ3v) is 7.44. The van der Waals surface area contributed by atoms with Crippen molar-refractivity contribution < 1.29 is 0 Å². The molecule has 1 aliphatic rings. The molecule has 6 rings (SSSR count). The highest BCUT2D eigenvalue weighted by Crippen LogP contribution is 2.38. The molecule has 0 spiro atoms. The molecule has 0 bridgehead atoms. The molecule has 0 radical (unpaired) electrons. The van der Waals surface area contributed by atoms with E-state index in [0.717, 1.165) is 60.3 Å². The standard InChI is InChI=1S/C30H30N4O/c1-21-12-13-27-26(18-21)29-31-25(20-34(29)30(35)32-27)19-33-16-14-24(15-17-33)28(22-8-4-2-5-9-22)23-10-6-3-7-11-23/h2-13,18,20,24,28H,14-17,19H2,1H3,(H,32,35). The number of hydrogen-bond acceptors (Lipinski definition) is 3. The predicted octanol–water partition coefficient (Wildman–Crippen LogP) is 5.53. The fraction of sp³-hybridized carbons (Fsp3) is 0.267. The number of aromatic nitrogens is 3. The summed E-state index contributed by atoms with van der Waals surface area (Å²) in [5.41, 5.74) is 6.35. The summed E-state index contributed by atoms with van der Waals surface area (Å²) in [4.78, 5) is 23.0. The van der Waals surface area contributed by atoms with E-state index in [1.165, 1.54) is 11.1 Å². The molecule has 5 aromatic rings. The number of benzene rings is 3. The van der Waals surface area contributed by atoms with E-state index in [9.17, 15) is 4.79 Å². The van der Waals surface area contributed by atoms with Crippen molar-refractivity contribution in [1.82, 2.24) is 19.3 Å². The Bertz CT molecular complexity index is 1470. The second kappa shape index (κ2) is 9.16. The first-order valence-electron chi connectivity index (χ1n) is 12.5. The second-order valence-corrected chi connectivity index (χ2v) is 9.82. The Morgan fingerprint density at radius 2 is 1.60 bits per heavy atom. The van der Waals surface area contributed by atoms with E-state index in [0.29, 0.717) is 11.8 Å². The van der Waals surface area contributed by atoms with E-state index in [1.54, 1.807) is 4.40 Å². The Labute approximate surface area is 205 Å². The molecule has 1 N–H and O–H groups in total. The molecule has 0 amide bonds. The molecular formula is C30H30N4O. The fourth-order valence-electron chi connectivity index (χ4n) is 5.71. The molecule has 0 saturated carbocycles. The van der Waals surface area contributed by atoms with Gasteiger partial charge in [-0.2, -0.15) is 0 Å². The molecule has 1 aliphatic heterocycles. The third kappa shape index (κ3) is 4.28. The molecule has 1 fully saturated rings. The zero-order valence-electron chi connectivity index (χ0n) is 20.0. The van der Waals surface area contributed by atoms with Gasteiger partial charge in [-0.1, -0.05) is 72.3 Å². The van der Waals surface area contributed by atoms with Crippen molar-refractivity contribution >= 4 is 16.6 Å². The number of nitrogens with one attached hydrogen (secondary N) is 1. The summed E-state index contributed by atoms with van der Waals surface area (Å²) in [5, 5.41) is 0.989. The highest BCUT2D eigenvalue weighted by molar-refractivity contribution is 5.91. The second-order valence-electron chi connectivity index (χ2n) is 9.82. The number of piperidine rings is 1. The van der Waals surface area contributed by atoms with E-state index < -0.39 is 0 Å². The lowest BCUT2D eigenvalue weighted by Gasteiger charge is -2.36. The Morgan fingerprint density at radius 3 is 2.26 bits per heavy atom. The molecule has 35 heavy (non-hydrogen) atoms. The molecule has 1 saturated heterocycles. The summed E-state index contributed by atoms with van der Waals surface area (Å²) in [6.07, 6.45) is 4.19. The van der Waals surface area contributed by atoms with Gasteiger partial charge in [0.2, 0.25) is 0 Å². The summed E-state index contributed by atoms with van der Waals surface area (Å²) < 4.78 is 1.66. The number of imidazole rings is 1. The number of aryl methyl sites for hydroxylation is 1. The average molecular weight is 463 g/mol. The van der Waals surface area contributed by atoms with Gasteiger partial charge >= 0.3 is 5.69 Å². The normalized spacial score (nSPS) is 15.4. The summed E-state index contributed by atoms with van der Waals surface area (Å²) in [7, 11) is 0. The van der Waals surface area contributed by atoms with Crippen molar-refractivity contribution in [2.24, 2.45) is 5.92 Å². The maximum absolute atomic E-state index is 12.6. The van der Waals surface area contributed by atoms with Gasteiger partial charge in [0.25, 0.3) is 0 Å². The minimum atomic E-state index is -0.137. The highest BCUT2D eigenvalue weighted by atomic mass is 16.1. The number of H-pyrrole nitrogens is 1. The van der Waals surface area contributed by atoms with Gasteiger partial charge in [-0.05, 0) is 62.0 Å². The van der Waals surface area contributed by atoms with E-state index in [2.05, 4.69) is 83.5 Å². The lowest BCUT2D eigenvalue weighted by Crippen LogP contribution is -2.35. The summed E-state index contributed by atoms with van der Waals surface area (Å²) in [6.45, 7) is 4.89. The largest absolute Gasteiger partial charge is 0.331 e. The van der Waals surface area contributed by atoms with Crippen molar-refractivity contribution in [3.05, 3.63) is 118 Å². The lowest BCUT2D eigenvalue weighted by molar-refractivity contribution is 0.167. The molecule has 2 aromatic heterocycles. The number of hydrogen-bond donors (Lipinski definition) is 1. The van der Waals surface area contributed by atoms with Crippen molar-refractivity contribution in [3.63, 3.8) is 0 Å². The average Bonchev–Trinajstić information content (AvgIpc) is 3.32. The first-order valence-corrected chi connectivity index (χ1v) is 12.5. The maximum Gasteiger partial charge on any atom is 0.331 e. The van der Waals surface area contributed by atoms with Crippen molar-refractivity contribution in [1.29, 1.82) is 0 Å². The number of fused-ring (bicyclic) bond motifs is 3. The molecule has 5 nitrogen and oxygen atoms in total. The number of nitrogens with zero attached hydrogens (tertiary/aromatic N) is 3. The topological polar surface area (TPSA) is 53.4 Å². The zero-order chi connectivity index (χ0) is 23.8. The van der Waals surface area contributed by atoms with Gasteiger partial charge in [-0.15, -0.1) is 0 Å². The third-order valence-electron chi connectivity index (χ3n) is 7.44. The maximum atomic E-state index is 12.6. The molecular weight excluding hydrogens is 432 g/mol. The van der Waals surface area contributed by atoms with Crippen molar-refractivity contribution in [3.8, 4) is 0 Å². The van der Waals surface area contributed by atoms with Gasteiger partial charge in [-0.25, -0.2) is 9.78 Å². The van der Waals surface area contributed by atoms with Gasteiger partial charge in [0.1, 0.15) is 0 Å². The van der Waals surface area contributed by atoms with Crippen LogP contribution in [0.4, 0.5) is 0 Å². The minimum Gasteiger partial charge on any atom is -0.306 e. The summed E-state index contributed by atoms with van der Waals surface area (Å²) in [5.74, 6) is 1.02. The molecule has 3 heterocycles. The number of rotatable bonds is 5. The molecule has 0 atom stereocenters. The monoisotopic (exact) mass is 462 g/mol. The Morgan fingerprint density at radius 1 is 0.943 bits per heavy atom. The summed E-state index contributed by atoms with van der Waals surface area (Å²) >= 11 is 0. The van der Waals surface area contributed by atoms with Crippen LogP contribution in [0.1, 0.15) is 41.1 Å². The SMILES string of the molecule is Cc1ccc2[nH]c(=O)n3cc(CN4CCC(C(c5ccccc5)c5ccccc5)CC4)nc3c2c1. The van der Waals surface area contributed by atoms with Crippen LogP contribution in [0.5, 0.6) is 0 Å². The van der Waals surface area contributed by atoms with E-state index in [-0.39, 0.29) is 5.69 Å². The molecule has 0 aliphatic carbocycles. The van der Waals surface area contributed by atoms with Gasteiger partial charge in [0.05, 0.1) is 11.2 Å². The Kier molecular flexibility index (Phi) is 5.71. The zero-order valence-corrected chi connectivity index (χ0v) is 20.0. The minimum absolute atomic E-state index is 0.137. The fourth-order valence-corrected chi connectivity index (χ4v) is 5.71. The molecule has 176 valence electrons. The summed E-state index contributed by atoms with van der Waals surface area (Å²) in [6, 6.07) is 27.9. The van der Waals surface area contributed by atoms with Crippen molar-refractivity contribution in [2.45, 2.75) is 32.2 Å². The van der Waals surface area contributed by atoms with Crippen LogP contribution in [0.15, 0.2) is 89.9 Å². The quantitative estimate of drug-likeness (QED) is 0.374. The van der Waals surface area contributed by atoms with Crippen LogP contribution in [0, 0.1) is 12.8 Å². The van der Waals surface area contributed by atoms with Crippen LogP contribution < -0.4 is 5.69 Å². The van der Waals surface area contributed by atoms with Crippen molar-refractivity contribution in [2.75, 3.05) is 13.1 Å². The van der Waals surface area contributed by atoms with Crippen LogP contribution in [-0.4, -0.2) is 32.4 Å². The van der Waals surface area contributed by atoms with E-state index >= 15 is 0 Å². The predicted molar refractivity (Wildman–Crippen MR) is 141 cm³/mol. The van der Waals surface area contributed by atoms with Crippen LogP contribution in [0.25, 0.3) is 16.6 Å². The van der Waals surface area contributed by atoms with E-state index in [4.69, 9.17) is 4.98 Å². The highest BCUT2D eigenvalue weighted by Gasteiger charge is 2.29. The smallest absolute Gasteiger partial charge is 0.306 e. The molecule has 5 heteroatoms. The number of likely N-dealkylation sites (tertiary alicyclic amines) is 1. The lowest BCUT2D eigenvalue weighted by atomic mass is 9.76. The molecule has 3 aromatic carbocycles. The van der Waals surface area contributed by atoms with Crippen LogP contribution in [0.3, 0.4) is 0 Å². The van der Waals surface area contributed by atoms with E-state index in [1.807, 2.05) is 18.3 Å². The van der Waals surface area contributed by atoms with Crippen LogP contribution in [-0.2, 0) is 6.54 Å².